The second-order valence-electron chi connectivity index (χ2n) is 6.97. The molecule has 2 heterocycles. The Labute approximate surface area is 187 Å². The van der Waals surface area contributed by atoms with E-state index in [-0.39, 0.29) is 24.2 Å². The van der Waals surface area contributed by atoms with Crippen LogP contribution in [-0.2, 0) is 4.79 Å². The van der Waals surface area contributed by atoms with E-state index >= 15 is 0 Å². The van der Waals surface area contributed by atoms with E-state index in [2.05, 4.69) is 10.2 Å². The average Bonchev–Trinajstić information content (AvgIpc) is 3.23. The fourth-order valence-electron chi connectivity index (χ4n) is 3.37. The van der Waals surface area contributed by atoms with E-state index < -0.39 is 0 Å². The molecular formula is C21H18Cl2FN3O2S. The number of ether oxygens (including phenoxy) is 1. The third-order valence-corrected chi connectivity index (χ3v) is 6.56. The number of carbonyl (C=O) groups excluding carboxylic acids is 1. The van der Waals surface area contributed by atoms with Gasteiger partial charge in [0.15, 0.2) is 11.6 Å². The molecule has 1 amide bonds. The Hall–Kier alpha value is -2.22. The van der Waals surface area contributed by atoms with Crippen molar-refractivity contribution in [2.75, 3.05) is 19.7 Å². The molecule has 3 aromatic rings. The number of aromatic nitrogens is 2. The number of halogens is 3. The largest absolute Gasteiger partial charge is 0.482 e. The highest BCUT2D eigenvalue weighted by molar-refractivity contribution is 7.14. The number of likely N-dealkylation sites (tertiary alicyclic amines) is 1. The highest BCUT2D eigenvalue weighted by Crippen LogP contribution is 2.33. The van der Waals surface area contributed by atoms with Crippen LogP contribution in [0.3, 0.4) is 0 Å². The summed E-state index contributed by atoms with van der Waals surface area (Å²) in [5, 5.41) is 10.7. The molecule has 0 spiro atoms. The maximum atomic E-state index is 14.0. The molecule has 0 bridgehead atoms. The molecule has 0 unspecified atom stereocenters. The van der Waals surface area contributed by atoms with Crippen LogP contribution >= 0.6 is 34.5 Å². The summed E-state index contributed by atoms with van der Waals surface area (Å²) in [5.41, 5.74) is 0.443. The minimum absolute atomic E-state index is 0.0693. The first-order valence-electron chi connectivity index (χ1n) is 9.45. The summed E-state index contributed by atoms with van der Waals surface area (Å²) < 4.78 is 19.6. The van der Waals surface area contributed by atoms with Crippen molar-refractivity contribution in [3.63, 3.8) is 0 Å². The molecule has 0 radical (unpaired) electrons. The number of piperidine rings is 1. The topological polar surface area (TPSA) is 55.3 Å². The maximum Gasteiger partial charge on any atom is 0.260 e. The fraction of sp³-hybridized carbons (Fsp3) is 0.286. The third kappa shape index (κ3) is 4.74. The van der Waals surface area contributed by atoms with Crippen molar-refractivity contribution in [2.45, 2.75) is 18.8 Å². The lowest BCUT2D eigenvalue weighted by molar-refractivity contribution is -0.134. The first kappa shape index (κ1) is 21.0. The highest BCUT2D eigenvalue weighted by atomic mass is 35.5. The molecule has 2 aromatic carbocycles. The van der Waals surface area contributed by atoms with E-state index in [4.69, 9.17) is 27.9 Å². The zero-order valence-corrected chi connectivity index (χ0v) is 18.2. The smallest absolute Gasteiger partial charge is 0.260 e. The van der Waals surface area contributed by atoms with Gasteiger partial charge in [-0.1, -0.05) is 46.7 Å². The molecule has 0 saturated carbocycles. The van der Waals surface area contributed by atoms with Crippen molar-refractivity contribution in [3.8, 4) is 16.3 Å². The van der Waals surface area contributed by atoms with E-state index in [1.165, 1.54) is 17.4 Å². The van der Waals surface area contributed by atoms with Gasteiger partial charge >= 0.3 is 0 Å². The molecule has 1 aromatic heterocycles. The molecule has 1 fully saturated rings. The zero-order valence-electron chi connectivity index (χ0n) is 15.9. The normalized spacial score (nSPS) is 16.5. The van der Waals surface area contributed by atoms with E-state index in [1.54, 1.807) is 41.3 Å². The monoisotopic (exact) mass is 465 g/mol. The summed E-state index contributed by atoms with van der Waals surface area (Å²) in [4.78, 5) is 14.4. The highest BCUT2D eigenvalue weighted by Gasteiger charge is 2.28. The Bertz CT molecular complexity index is 1060. The van der Waals surface area contributed by atoms with Crippen molar-refractivity contribution in [1.82, 2.24) is 15.1 Å². The average molecular weight is 466 g/mol. The molecule has 5 nitrogen and oxygen atoms in total. The van der Waals surface area contributed by atoms with Crippen LogP contribution in [0.1, 0.15) is 23.8 Å². The third-order valence-electron chi connectivity index (χ3n) is 4.91. The molecule has 1 aliphatic rings. The molecule has 30 heavy (non-hydrogen) atoms. The van der Waals surface area contributed by atoms with Crippen molar-refractivity contribution in [1.29, 1.82) is 0 Å². The summed E-state index contributed by atoms with van der Waals surface area (Å²) in [6.07, 6.45) is 1.76. The maximum absolute atomic E-state index is 14.0. The number of benzene rings is 2. The first-order valence-corrected chi connectivity index (χ1v) is 11.0. The number of carbonyl (C=O) groups is 1. The first-order chi connectivity index (χ1) is 14.5. The molecule has 156 valence electrons. The van der Waals surface area contributed by atoms with Gasteiger partial charge in [-0.2, -0.15) is 0 Å². The van der Waals surface area contributed by atoms with Crippen LogP contribution in [0.2, 0.25) is 10.0 Å². The lowest BCUT2D eigenvalue weighted by Gasteiger charge is -2.31. The van der Waals surface area contributed by atoms with Gasteiger partial charge in [0.1, 0.15) is 16.6 Å². The van der Waals surface area contributed by atoms with E-state index in [1.807, 2.05) is 0 Å². The van der Waals surface area contributed by atoms with Gasteiger partial charge in [0.2, 0.25) is 0 Å². The summed E-state index contributed by atoms with van der Waals surface area (Å²) in [6, 6.07) is 11.4. The molecule has 9 heteroatoms. The Morgan fingerprint density at radius 3 is 2.87 bits per heavy atom. The number of nitrogens with zero attached hydrogens (tertiary/aromatic N) is 3. The van der Waals surface area contributed by atoms with Crippen LogP contribution in [0.25, 0.3) is 10.6 Å². The van der Waals surface area contributed by atoms with Crippen LogP contribution in [0.15, 0.2) is 42.5 Å². The van der Waals surface area contributed by atoms with Gasteiger partial charge in [0.25, 0.3) is 5.91 Å². The van der Waals surface area contributed by atoms with E-state index in [0.717, 1.165) is 17.8 Å². The Morgan fingerprint density at radius 1 is 1.23 bits per heavy atom. The lowest BCUT2D eigenvalue weighted by Crippen LogP contribution is -2.41. The molecule has 1 atom stereocenters. The number of hydrogen-bond acceptors (Lipinski definition) is 5. The van der Waals surface area contributed by atoms with Gasteiger partial charge < -0.3 is 9.64 Å². The standard InChI is InChI=1S/C21H18Cl2FN3O2S/c22-14-7-8-18(16(23)10-14)29-12-19(28)27-9-3-4-13(11-27)20-25-26-21(30-20)15-5-1-2-6-17(15)24/h1-2,5-8,10,13H,3-4,9,11-12H2/t13-/m0/s1. The second kappa shape index (κ2) is 9.29. The Kier molecular flexibility index (Phi) is 6.51. The van der Waals surface area contributed by atoms with Crippen LogP contribution < -0.4 is 4.74 Å². The molecule has 0 aliphatic carbocycles. The van der Waals surface area contributed by atoms with Gasteiger partial charge in [-0.25, -0.2) is 4.39 Å². The van der Waals surface area contributed by atoms with Crippen LogP contribution in [0.5, 0.6) is 5.75 Å². The predicted molar refractivity (Wildman–Crippen MR) is 116 cm³/mol. The van der Waals surface area contributed by atoms with Gasteiger partial charge in [-0.05, 0) is 43.2 Å². The van der Waals surface area contributed by atoms with Crippen LogP contribution in [0.4, 0.5) is 4.39 Å². The van der Waals surface area contributed by atoms with Gasteiger partial charge in [0.05, 0.1) is 5.02 Å². The molecule has 4 rings (SSSR count). The van der Waals surface area contributed by atoms with Crippen molar-refractivity contribution in [3.05, 3.63) is 63.3 Å². The van der Waals surface area contributed by atoms with Crippen LogP contribution in [0, 0.1) is 5.82 Å². The van der Waals surface area contributed by atoms with Crippen molar-refractivity contribution >= 4 is 40.4 Å². The van der Waals surface area contributed by atoms with E-state index in [0.29, 0.717) is 39.5 Å². The minimum Gasteiger partial charge on any atom is -0.482 e. The number of rotatable bonds is 5. The minimum atomic E-state index is -0.321. The van der Waals surface area contributed by atoms with E-state index in [9.17, 15) is 9.18 Å². The zero-order chi connectivity index (χ0) is 21.1. The Balaban J connectivity index is 1.39. The molecule has 1 aliphatic heterocycles. The van der Waals surface area contributed by atoms with Crippen molar-refractivity contribution < 1.29 is 13.9 Å². The molecule has 1 saturated heterocycles. The van der Waals surface area contributed by atoms with Gasteiger partial charge in [-0.3, -0.25) is 4.79 Å². The Morgan fingerprint density at radius 2 is 2.07 bits per heavy atom. The summed E-state index contributed by atoms with van der Waals surface area (Å²) in [7, 11) is 0. The summed E-state index contributed by atoms with van der Waals surface area (Å²) in [5.74, 6) is 0.0460. The second-order valence-corrected chi connectivity index (χ2v) is 8.82. The summed E-state index contributed by atoms with van der Waals surface area (Å²) >= 11 is 13.3. The summed E-state index contributed by atoms with van der Waals surface area (Å²) in [6.45, 7) is 1.08. The number of amides is 1. The van der Waals surface area contributed by atoms with Gasteiger partial charge in [-0.15, -0.1) is 10.2 Å². The lowest BCUT2D eigenvalue weighted by atomic mass is 9.99. The molecular weight excluding hydrogens is 448 g/mol. The van der Waals surface area contributed by atoms with Crippen molar-refractivity contribution in [2.24, 2.45) is 0 Å². The van der Waals surface area contributed by atoms with Crippen LogP contribution in [-0.4, -0.2) is 40.7 Å². The van der Waals surface area contributed by atoms with Gasteiger partial charge in [0, 0.05) is 29.6 Å². The fourth-order valence-corrected chi connectivity index (χ4v) is 4.83. The predicted octanol–water partition coefficient (Wildman–Crippen LogP) is 5.44. The number of hydrogen-bond donors (Lipinski definition) is 0. The molecule has 0 N–H and O–H groups in total. The SMILES string of the molecule is O=C(COc1ccc(Cl)cc1Cl)N1CCC[C@H](c2nnc(-c3ccccc3F)s2)C1. The quantitative estimate of drug-likeness (QED) is 0.503.